The van der Waals surface area contributed by atoms with E-state index in [0.29, 0.717) is 11.7 Å². The van der Waals surface area contributed by atoms with Crippen molar-refractivity contribution in [2.75, 3.05) is 12.4 Å². The van der Waals surface area contributed by atoms with Crippen molar-refractivity contribution in [3.05, 3.63) is 24.0 Å². The van der Waals surface area contributed by atoms with Gasteiger partial charge in [-0.25, -0.2) is 0 Å². The minimum absolute atomic E-state index is 0.125. The number of nitrogens with zero attached hydrogens (tertiary/aromatic N) is 1. The molecule has 3 aliphatic carbocycles. The zero-order valence-electron chi connectivity index (χ0n) is 11.1. The molecule has 3 saturated carbocycles. The third-order valence-electron chi connectivity index (χ3n) is 5.29. The van der Waals surface area contributed by atoms with Gasteiger partial charge in [0.25, 0.3) is 5.91 Å². The van der Waals surface area contributed by atoms with Crippen LogP contribution in [0, 0.1) is 23.7 Å². The van der Waals surface area contributed by atoms with Crippen molar-refractivity contribution in [3.8, 4) is 0 Å². The molecule has 1 aromatic rings. The van der Waals surface area contributed by atoms with Crippen LogP contribution in [0.1, 0.15) is 29.8 Å². The van der Waals surface area contributed by atoms with Crippen molar-refractivity contribution in [2.45, 2.75) is 25.3 Å². The maximum atomic E-state index is 11.6. The van der Waals surface area contributed by atoms with Crippen LogP contribution in [0.25, 0.3) is 0 Å². The molecule has 0 spiro atoms. The van der Waals surface area contributed by atoms with E-state index in [1.807, 2.05) is 12.1 Å². The molecule has 100 valence electrons. The summed E-state index contributed by atoms with van der Waals surface area (Å²) in [6.45, 7) is 0. The van der Waals surface area contributed by atoms with E-state index in [4.69, 9.17) is 0 Å². The first-order chi connectivity index (χ1) is 9.28. The maximum Gasteiger partial charge on any atom is 0.269 e. The molecule has 1 amide bonds. The lowest BCUT2D eigenvalue weighted by Gasteiger charge is -2.12. The largest absolute Gasteiger partial charge is 0.382 e. The van der Waals surface area contributed by atoms with E-state index < -0.39 is 0 Å². The lowest BCUT2D eigenvalue weighted by molar-refractivity contribution is 0.0958. The number of nitrogens with one attached hydrogen (secondary N) is 2. The number of fused-ring (bicyclic) bond motifs is 5. The molecule has 4 rings (SSSR count). The van der Waals surface area contributed by atoms with Crippen LogP contribution < -0.4 is 10.6 Å². The number of aromatic nitrogens is 1. The minimum Gasteiger partial charge on any atom is -0.382 e. The van der Waals surface area contributed by atoms with Gasteiger partial charge in [0, 0.05) is 25.0 Å². The zero-order chi connectivity index (χ0) is 13.0. The van der Waals surface area contributed by atoms with E-state index in [2.05, 4.69) is 15.6 Å². The second-order valence-electron chi connectivity index (χ2n) is 6.17. The van der Waals surface area contributed by atoms with Crippen molar-refractivity contribution in [3.63, 3.8) is 0 Å². The molecule has 0 aliphatic heterocycles. The van der Waals surface area contributed by atoms with Crippen LogP contribution in [-0.2, 0) is 0 Å². The third-order valence-corrected chi connectivity index (χ3v) is 5.29. The maximum absolute atomic E-state index is 11.6. The summed E-state index contributed by atoms with van der Waals surface area (Å²) in [6.07, 6.45) is 6.04. The predicted molar refractivity (Wildman–Crippen MR) is 72.8 cm³/mol. The number of rotatable bonds is 3. The highest BCUT2D eigenvalue weighted by molar-refractivity contribution is 5.92. The highest BCUT2D eigenvalue weighted by atomic mass is 16.1. The molecular formula is C15H19N3O. The average molecular weight is 257 g/mol. The number of hydrogen-bond acceptors (Lipinski definition) is 3. The first kappa shape index (κ1) is 11.3. The second-order valence-corrected chi connectivity index (χ2v) is 6.17. The average Bonchev–Trinajstić information content (AvgIpc) is 2.85. The molecule has 4 atom stereocenters. The quantitative estimate of drug-likeness (QED) is 0.869. The highest BCUT2D eigenvalue weighted by Crippen LogP contribution is 2.66. The number of amides is 1. The fraction of sp³-hybridized carbons (Fsp3) is 0.600. The van der Waals surface area contributed by atoms with Gasteiger partial charge in [-0.2, -0.15) is 0 Å². The first-order valence-corrected chi connectivity index (χ1v) is 7.22. The SMILES string of the molecule is CNC(=O)c1cc(NC2C3C4CCC(C4)C23)ccn1. The summed E-state index contributed by atoms with van der Waals surface area (Å²) in [7, 11) is 1.63. The molecule has 0 saturated heterocycles. The van der Waals surface area contributed by atoms with E-state index in [1.165, 1.54) is 19.3 Å². The smallest absolute Gasteiger partial charge is 0.269 e. The van der Waals surface area contributed by atoms with Crippen LogP contribution in [-0.4, -0.2) is 24.0 Å². The fourth-order valence-corrected chi connectivity index (χ4v) is 4.48. The van der Waals surface area contributed by atoms with E-state index in [-0.39, 0.29) is 5.91 Å². The molecule has 1 heterocycles. The molecule has 0 radical (unpaired) electrons. The van der Waals surface area contributed by atoms with Gasteiger partial charge in [0.2, 0.25) is 0 Å². The van der Waals surface area contributed by atoms with E-state index in [9.17, 15) is 4.79 Å². The first-order valence-electron chi connectivity index (χ1n) is 7.22. The molecule has 1 aromatic heterocycles. The Kier molecular flexibility index (Phi) is 2.34. The van der Waals surface area contributed by atoms with Crippen molar-refractivity contribution in [2.24, 2.45) is 23.7 Å². The Bertz CT molecular complexity index is 514. The summed E-state index contributed by atoms with van der Waals surface area (Å²) in [4.78, 5) is 15.7. The molecule has 4 heteroatoms. The molecule has 0 aromatic carbocycles. The molecule has 19 heavy (non-hydrogen) atoms. The normalized spacial score (nSPS) is 37.8. The number of hydrogen-bond donors (Lipinski definition) is 2. The Balaban J connectivity index is 1.48. The molecule has 4 nitrogen and oxygen atoms in total. The monoisotopic (exact) mass is 257 g/mol. The molecule has 3 fully saturated rings. The summed E-state index contributed by atoms with van der Waals surface area (Å²) in [5.41, 5.74) is 1.52. The van der Waals surface area contributed by atoms with Gasteiger partial charge in [0.15, 0.2) is 0 Å². The number of carbonyl (C=O) groups excluding carboxylic acids is 1. The Labute approximate surface area is 113 Å². The van der Waals surface area contributed by atoms with Gasteiger partial charge in [-0.3, -0.25) is 9.78 Å². The molecule has 3 aliphatic rings. The van der Waals surface area contributed by atoms with Crippen molar-refractivity contribution in [1.29, 1.82) is 0 Å². The van der Waals surface area contributed by atoms with Crippen LogP contribution in [0.5, 0.6) is 0 Å². The van der Waals surface area contributed by atoms with E-state index in [0.717, 1.165) is 29.4 Å². The van der Waals surface area contributed by atoms with Crippen LogP contribution in [0.3, 0.4) is 0 Å². The van der Waals surface area contributed by atoms with E-state index in [1.54, 1.807) is 13.2 Å². The summed E-state index contributed by atoms with van der Waals surface area (Å²) in [5.74, 6) is 3.60. The lowest BCUT2D eigenvalue weighted by Crippen LogP contribution is -2.19. The van der Waals surface area contributed by atoms with Gasteiger partial charge in [-0.15, -0.1) is 0 Å². The van der Waals surface area contributed by atoms with Gasteiger partial charge in [-0.05, 0) is 55.1 Å². The zero-order valence-corrected chi connectivity index (χ0v) is 11.1. The fourth-order valence-electron chi connectivity index (χ4n) is 4.48. The molecular weight excluding hydrogens is 238 g/mol. The van der Waals surface area contributed by atoms with Gasteiger partial charge in [0.1, 0.15) is 5.69 Å². The lowest BCUT2D eigenvalue weighted by atomic mass is 10.0. The Morgan fingerprint density at radius 3 is 2.74 bits per heavy atom. The Hall–Kier alpha value is -1.58. The van der Waals surface area contributed by atoms with Crippen molar-refractivity contribution in [1.82, 2.24) is 10.3 Å². The highest BCUT2D eigenvalue weighted by Gasteiger charge is 2.64. The van der Waals surface area contributed by atoms with Crippen LogP contribution in [0.4, 0.5) is 5.69 Å². The van der Waals surface area contributed by atoms with Gasteiger partial charge >= 0.3 is 0 Å². The standard InChI is InChI=1S/C15H19N3O/c1-16-15(19)11-7-10(4-5-17-11)18-14-12-8-2-3-9(6-8)13(12)14/h4-5,7-9,12-14H,2-3,6H2,1H3,(H,16,19)(H,17,18). The third kappa shape index (κ3) is 1.66. The van der Waals surface area contributed by atoms with E-state index >= 15 is 0 Å². The summed E-state index contributed by atoms with van der Waals surface area (Å²) in [6, 6.07) is 4.46. The topological polar surface area (TPSA) is 54.0 Å². The summed E-state index contributed by atoms with van der Waals surface area (Å²) in [5, 5.41) is 6.23. The predicted octanol–water partition coefficient (Wildman–Crippen LogP) is 1.90. The number of pyridine rings is 1. The minimum atomic E-state index is -0.125. The Morgan fingerprint density at radius 2 is 2.05 bits per heavy atom. The van der Waals surface area contributed by atoms with Crippen LogP contribution in [0.2, 0.25) is 0 Å². The number of carbonyl (C=O) groups is 1. The Morgan fingerprint density at radius 1 is 1.32 bits per heavy atom. The molecule has 2 N–H and O–H groups in total. The van der Waals surface area contributed by atoms with Gasteiger partial charge < -0.3 is 10.6 Å². The summed E-state index contributed by atoms with van der Waals surface area (Å²) >= 11 is 0. The van der Waals surface area contributed by atoms with Crippen molar-refractivity contribution >= 4 is 11.6 Å². The van der Waals surface area contributed by atoms with Crippen LogP contribution >= 0.6 is 0 Å². The molecule has 2 bridgehead atoms. The summed E-state index contributed by atoms with van der Waals surface area (Å²) < 4.78 is 0. The van der Waals surface area contributed by atoms with Gasteiger partial charge in [-0.1, -0.05) is 0 Å². The van der Waals surface area contributed by atoms with Gasteiger partial charge in [0.05, 0.1) is 0 Å². The number of anilines is 1. The molecule has 4 unspecified atom stereocenters. The second kappa shape index (κ2) is 3.95. The van der Waals surface area contributed by atoms with Crippen LogP contribution in [0.15, 0.2) is 18.3 Å². The van der Waals surface area contributed by atoms with Crippen molar-refractivity contribution < 1.29 is 4.79 Å².